The Labute approximate surface area is 146 Å². The Morgan fingerprint density at radius 1 is 1.20 bits per heavy atom. The predicted molar refractivity (Wildman–Crippen MR) is 97.2 cm³/mol. The van der Waals surface area contributed by atoms with E-state index in [1.54, 1.807) is 7.11 Å². The molecule has 2 N–H and O–H groups in total. The van der Waals surface area contributed by atoms with Gasteiger partial charge in [0.1, 0.15) is 23.7 Å². The SMILES string of the molecule is COc1cccc(C=C2C(C)=C(C#N)c3nc(N)c(C#N)c(C)c32)c1. The van der Waals surface area contributed by atoms with Crippen molar-refractivity contribution >= 4 is 23.0 Å². The summed E-state index contributed by atoms with van der Waals surface area (Å²) in [6.45, 7) is 3.72. The molecule has 0 saturated heterocycles. The van der Waals surface area contributed by atoms with E-state index in [-0.39, 0.29) is 5.82 Å². The van der Waals surface area contributed by atoms with Gasteiger partial charge in [-0.2, -0.15) is 10.5 Å². The molecule has 0 amide bonds. The standard InChI is InChI=1S/C20H16N4O/c1-11-15(8-13-5-4-6-14(7-13)25-3)18-12(2)17(10-22)20(23)24-19(18)16(11)9-21/h4-8H,1-3H3,(H2,23,24). The van der Waals surface area contributed by atoms with E-state index in [1.807, 2.05) is 44.2 Å². The van der Waals surface area contributed by atoms with Gasteiger partial charge in [0.15, 0.2) is 0 Å². The van der Waals surface area contributed by atoms with Gasteiger partial charge in [0.25, 0.3) is 0 Å². The fourth-order valence-electron chi connectivity index (χ4n) is 3.09. The minimum atomic E-state index is 0.155. The number of ether oxygens (including phenoxy) is 1. The lowest BCUT2D eigenvalue weighted by molar-refractivity contribution is 0.414. The third-order valence-electron chi connectivity index (χ3n) is 4.39. The minimum absolute atomic E-state index is 0.155. The van der Waals surface area contributed by atoms with Gasteiger partial charge in [-0.05, 0) is 54.3 Å². The molecule has 1 aromatic heterocycles. The van der Waals surface area contributed by atoms with Crippen LogP contribution in [-0.2, 0) is 0 Å². The number of aromatic nitrogens is 1. The summed E-state index contributed by atoms with van der Waals surface area (Å²) < 4.78 is 5.27. The van der Waals surface area contributed by atoms with E-state index in [1.165, 1.54) is 0 Å². The number of pyridine rings is 1. The highest BCUT2D eigenvalue weighted by Gasteiger charge is 2.29. The normalized spacial score (nSPS) is 14.2. The molecule has 25 heavy (non-hydrogen) atoms. The van der Waals surface area contributed by atoms with Gasteiger partial charge in [-0.1, -0.05) is 12.1 Å². The molecule has 1 heterocycles. The third kappa shape index (κ3) is 2.52. The predicted octanol–water partition coefficient (Wildman–Crippen LogP) is 3.70. The Bertz CT molecular complexity index is 1030. The zero-order chi connectivity index (χ0) is 18.1. The van der Waals surface area contributed by atoms with Crippen molar-refractivity contribution in [2.24, 2.45) is 0 Å². The molecule has 0 spiro atoms. The molecule has 122 valence electrons. The number of rotatable bonds is 2. The van der Waals surface area contributed by atoms with E-state index >= 15 is 0 Å². The second-order valence-corrected chi connectivity index (χ2v) is 5.78. The van der Waals surface area contributed by atoms with Crippen molar-refractivity contribution in [2.75, 3.05) is 12.8 Å². The topological polar surface area (TPSA) is 95.7 Å². The molecule has 1 aliphatic rings. The number of nitriles is 2. The van der Waals surface area contributed by atoms with Crippen LogP contribution in [0.4, 0.5) is 5.82 Å². The first-order valence-corrected chi connectivity index (χ1v) is 7.69. The van der Waals surface area contributed by atoms with Crippen molar-refractivity contribution in [3.63, 3.8) is 0 Å². The number of nitrogen functional groups attached to an aromatic ring is 1. The monoisotopic (exact) mass is 328 g/mol. The number of anilines is 1. The van der Waals surface area contributed by atoms with E-state index in [0.717, 1.165) is 33.6 Å². The molecular formula is C20H16N4O. The average Bonchev–Trinajstić information content (AvgIpc) is 2.86. The van der Waals surface area contributed by atoms with Gasteiger partial charge >= 0.3 is 0 Å². The van der Waals surface area contributed by atoms with Crippen LogP contribution in [-0.4, -0.2) is 12.1 Å². The molecule has 0 unspecified atom stereocenters. The molecule has 1 aromatic carbocycles. The van der Waals surface area contributed by atoms with Crippen molar-refractivity contribution in [3.8, 4) is 17.9 Å². The summed E-state index contributed by atoms with van der Waals surface area (Å²) >= 11 is 0. The van der Waals surface area contributed by atoms with E-state index in [4.69, 9.17) is 10.5 Å². The van der Waals surface area contributed by atoms with Crippen LogP contribution >= 0.6 is 0 Å². The largest absolute Gasteiger partial charge is 0.497 e. The van der Waals surface area contributed by atoms with E-state index in [2.05, 4.69) is 17.1 Å². The van der Waals surface area contributed by atoms with Crippen molar-refractivity contribution in [3.05, 3.63) is 57.8 Å². The van der Waals surface area contributed by atoms with Crippen LogP contribution < -0.4 is 10.5 Å². The Morgan fingerprint density at radius 2 is 1.96 bits per heavy atom. The molecule has 0 radical (unpaired) electrons. The zero-order valence-electron chi connectivity index (χ0n) is 14.2. The maximum absolute atomic E-state index is 9.56. The molecular weight excluding hydrogens is 312 g/mol. The Kier molecular flexibility index (Phi) is 4.00. The van der Waals surface area contributed by atoms with Gasteiger partial charge in [-0.3, -0.25) is 0 Å². The summed E-state index contributed by atoms with van der Waals surface area (Å²) in [5.74, 6) is 0.904. The first-order valence-electron chi connectivity index (χ1n) is 7.69. The van der Waals surface area contributed by atoms with Gasteiger partial charge in [0.2, 0.25) is 0 Å². The number of fused-ring (bicyclic) bond motifs is 1. The van der Waals surface area contributed by atoms with Crippen LogP contribution in [0.1, 0.15) is 34.9 Å². The second kappa shape index (κ2) is 6.14. The second-order valence-electron chi connectivity index (χ2n) is 5.78. The first kappa shape index (κ1) is 16.3. The van der Waals surface area contributed by atoms with E-state index in [9.17, 15) is 10.5 Å². The van der Waals surface area contributed by atoms with Gasteiger partial charge in [0.05, 0.1) is 23.9 Å². The highest BCUT2D eigenvalue weighted by atomic mass is 16.5. The molecule has 2 aromatic rings. The lowest BCUT2D eigenvalue weighted by Gasteiger charge is -2.11. The Hall–Kier alpha value is -3.57. The van der Waals surface area contributed by atoms with E-state index < -0.39 is 0 Å². The zero-order valence-corrected chi connectivity index (χ0v) is 14.2. The highest BCUT2D eigenvalue weighted by molar-refractivity contribution is 6.08. The smallest absolute Gasteiger partial charge is 0.142 e. The lowest BCUT2D eigenvalue weighted by Crippen LogP contribution is -2.03. The number of allylic oxidation sites excluding steroid dienone is 3. The third-order valence-corrected chi connectivity index (χ3v) is 4.39. The van der Waals surface area contributed by atoms with Crippen molar-refractivity contribution in [2.45, 2.75) is 13.8 Å². The van der Waals surface area contributed by atoms with Crippen LogP contribution in [0.15, 0.2) is 29.8 Å². The molecule has 0 saturated carbocycles. The molecule has 5 nitrogen and oxygen atoms in total. The molecule has 0 atom stereocenters. The minimum Gasteiger partial charge on any atom is -0.497 e. The van der Waals surface area contributed by atoms with Gasteiger partial charge in [-0.25, -0.2) is 4.98 Å². The summed E-state index contributed by atoms with van der Waals surface area (Å²) in [6.07, 6.45) is 1.98. The quantitative estimate of drug-likeness (QED) is 0.906. The number of benzene rings is 1. The average molecular weight is 328 g/mol. The van der Waals surface area contributed by atoms with Gasteiger partial charge in [-0.15, -0.1) is 0 Å². The number of nitrogens with zero attached hydrogens (tertiary/aromatic N) is 3. The van der Waals surface area contributed by atoms with Crippen LogP contribution in [0.25, 0.3) is 17.2 Å². The van der Waals surface area contributed by atoms with Crippen LogP contribution in [0.2, 0.25) is 0 Å². The summed E-state index contributed by atoms with van der Waals surface area (Å²) in [5.41, 5.74) is 11.5. The van der Waals surface area contributed by atoms with Gasteiger partial charge in [0, 0.05) is 5.56 Å². The number of hydrogen-bond donors (Lipinski definition) is 1. The van der Waals surface area contributed by atoms with Crippen LogP contribution in [0.5, 0.6) is 5.75 Å². The fourth-order valence-corrected chi connectivity index (χ4v) is 3.09. The summed E-state index contributed by atoms with van der Waals surface area (Å²) in [5, 5.41) is 18.9. The van der Waals surface area contributed by atoms with Gasteiger partial charge < -0.3 is 10.5 Å². The summed E-state index contributed by atoms with van der Waals surface area (Å²) in [6, 6.07) is 12.0. The number of methoxy groups -OCH3 is 1. The molecule has 0 aliphatic heterocycles. The lowest BCUT2D eigenvalue weighted by atomic mass is 9.95. The molecule has 5 heteroatoms. The van der Waals surface area contributed by atoms with E-state index in [0.29, 0.717) is 16.8 Å². The molecule has 0 fully saturated rings. The summed E-state index contributed by atoms with van der Waals surface area (Å²) in [4.78, 5) is 4.32. The molecule has 0 bridgehead atoms. The maximum Gasteiger partial charge on any atom is 0.142 e. The number of nitrogens with two attached hydrogens (primary N) is 1. The first-order chi connectivity index (χ1) is 12.0. The number of hydrogen-bond acceptors (Lipinski definition) is 5. The Morgan fingerprint density at radius 3 is 2.60 bits per heavy atom. The summed E-state index contributed by atoms with van der Waals surface area (Å²) in [7, 11) is 1.62. The molecule has 1 aliphatic carbocycles. The van der Waals surface area contributed by atoms with Crippen molar-refractivity contribution in [1.82, 2.24) is 4.98 Å². The maximum atomic E-state index is 9.56. The van der Waals surface area contributed by atoms with Crippen molar-refractivity contribution in [1.29, 1.82) is 10.5 Å². The fraction of sp³-hybridized carbons (Fsp3) is 0.150. The Balaban J connectivity index is 2.30. The van der Waals surface area contributed by atoms with Crippen LogP contribution in [0, 0.1) is 29.6 Å². The van der Waals surface area contributed by atoms with Crippen LogP contribution in [0.3, 0.4) is 0 Å². The van der Waals surface area contributed by atoms with Crippen molar-refractivity contribution < 1.29 is 4.74 Å². The highest BCUT2D eigenvalue weighted by Crippen LogP contribution is 2.44. The molecule has 3 rings (SSSR count).